The molecule has 0 N–H and O–H groups in total. The van der Waals surface area contributed by atoms with E-state index in [0.717, 1.165) is 40.7 Å². The first-order valence-corrected chi connectivity index (χ1v) is 13.0. The summed E-state index contributed by atoms with van der Waals surface area (Å²) in [5, 5.41) is 1.98. The zero-order valence-electron chi connectivity index (χ0n) is 18.9. The molecule has 0 aliphatic heterocycles. The fourth-order valence-electron chi connectivity index (χ4n) is 4.57. The number of thioether (sulfide) groups is 1. The molecule has 170 valence electrons. The molecule has 0 atom stereocenters. The lowest BCUT2D eigenvalue weighted by Crippen LogP contribution is -2.23. The third kappa shape index (κ3) is 3.40. The SMILES string of the molecule is Cc1ccc(-n2c(SCc3nc4ccccc4c(=O)n3C)nc3sc4c(c3c2=O)CCC4)cc1. The first-order chi connectivity index (χ1) is 16.5. The molecular formula is C26H22N4O2S2. The van der Waals surface area contributed by atoms with Gasteiger partial charge >= 0.3 is 0 Å². The highest BCUT2D eigenvalue weighted by Crippen LogP contribution is 2.36. The van der Waals surface area contributed by atoms with Crippen molar-refractivity contribution in [3.05, 3.63) is 91.1 Å². The maximum absolute atomic E-state index is 13.8. The van der Waals surface area contributed by atoms with Gasteiger partial charge in [-0.05, 0) is 56.0 Å². The predicted octanol–water partition coefficient (Wildman–Crippen LogP) is 4.78. The Morgan fingerprint density at radius 2 is 1.79 bits per heavy atom. The molecular weight excluding hydrogens is 464 g/mol. The van der Waals surface area contributed by atoms with Crippen LogP contribution in [0.25, 0.3) is 26.8 Å². The average Bonchev–Trinajstić information content (AvgIpc) is 3.42. The lowest BCUT2D eigenvalue weighted by molar-refractivity contribution is 0.779. The summed E-state index contributed by atoms with van der Waals surface area (Å²) < 4.78 is 3.30. The van der Waals surface area contributed by atoms with Gasteiger partial charge in [-0.1, -0.05) is 41.6 Å². The summed E-state index contributed by atoms with van der Waals surface area (Å²) in [5.41, 5.74) is 3.69. The highest BCUT2D eigenvalue weighted by molar-refractivity contribution is 7.98. The minimum Gasteiger partial charge on any atom is -0.299 e. The molecule has 34 heavy (non-hydrogen) atoms. The number of fused-ring (bicyclic) bond motifs is 4. The summed E-state index contributed by atoms with van der Waals surface area (Å²) in [4.78, 5) is 38.4. The summed E-state index contributed by atoms with van der Waals surface area (Å²) in [5.74, 6) is 1.07. The van der Waals surface area contributed by atoms with E-state index < -0.39 is 0 Å². The molecule has 0 bridgehead atoms. The third-order valence-corrected chi connectivity index (χ3v) is 8.53. The van der Waals surface area contributed by atoms with Crippen molar-refractivity contribution in [2.75, 3.05) is 0 Å². The van der Waals surface area contributed by atoms with Gasteiger partial charge in [-0.15, -0.1) is 11.3 Å². The van der Waals surface area contributed by atoms with Crippen molar-refractivity contribution in [3.8, 4) is 5.69 Å². The smallest absolute Gasteiger partial charge is 0.267 e. The van der Waals surface area contributed by atoms with E-state index in [-0.39, 0.29) is 11.1 Å². The number of hydrogen-bond acceptors (Lipinski definition) is 6. The number of rotatable bonds is 4. The van der Waals surface area contributed by atoms with Crippen molar-refractivity contribution >= 4 is 44.2 Å². The maximum Gasteiger partial charge on any atom is 0.267 e. The zero-order chi connectivity index (χ0) is 23.4. The van der Waals surface area contributed by atoms with E-state index in [9.17, 15) is 9.59 Å². The molecule has 3 aromatic heterocycles. The summed E-state index contributed by atoms with van der Waals surface area (Å²) in [6.45, 7) is 2.03. The normalized spacial score (nSPS) is 13.1. The van der Waals surface area contributed by atoms with Crippen LogP contribution in [-0.4, -0.2) is 19.1 Å². The van der Waals surface area contributed by atoms with Gasteiger partial charge in [0.05, 0.1) is 27.7 Å². The Morgan fingerprint density at radius 1 is 1.00 bits per heavy atom. The maximum atomic E-state index is 13.8. The van der Waals surface area contributed by atoms with Crippen LogP contribution in [0.1, 0.15) is 28.2 Å². The Bertz CT molecular complexity index is 1700. The first-order valence-electron chi connectivity index (χ1n) is 11.2. The van der Waals surface area contributed by atoms with Crippen molar-refractivity contribution in [1.29, 1.82) is 0 Å². The molecule has 0 spiro atoms. The number of aromatic nitrogens is 4. The first kappa shape index (κ1) is 21.3. The highest BCUT2D eigenvalue weighted by Gasteiger charge is 2.24. The number of nitrogens with zero attached hydrogens (tertiary/aromatic N) is 4. The summed E-state index contributed by atoms with van der Waals surface area (Å²) in [6.07, 6.45) is 3.06. The second-order valence-electron chi connectivity index (χ2n) is 8.61. The number of para-hydroxylation sites is 1. The van der Waals surface area contributed by atoms with Crippen molar-refractivity contribution < 1.29 is 0 Å². The second-order valence-corrected chi connectivity index (χ2v) is 10.6. The van der Waals surface area contributed by atoms with Crippen LogP contribution in [0.15, 0.2) is 63.3 Å². The van der Waals surface area contributed by atoms with E-state index in [1.807, 2.05) is 49.4 Å². The van der Waals surface area contributed by atoms with E-state index in [1.165, 1.54) is 22.2 Å². The van der Waals surface area contributed by atoms with Crippen LogP contribution in [0.3, 0.4) is 0 Å². The quantitative estimate of drug-likeness (QED) is 0.270. The van der Waals surface area contributed by atoms with E-state index >= 15 is 0 Å². The van der Waals surface area contributed by atoms with Gasteiger partial charge in [-0.25, -0.2) is 9.97 Å². The zero-order valence-corrected chi connectivity index (χ0v) is 20.5. The third-order valence-electron chi connectivity index (χ3n) is 6.41. The number of thiophene rings is 1. The van der Waals surface area contributed by atoms with E-state index in [2.05, 4.69) is 0 Å². The number of aryl methyl sites for hydroxylation is 3. The predicted molar refractivity (Wildman–Crippen MR) is 139 cm³/mol. The summed E-state index contributed by atoms with van der Waals surface area (Å²) in [7, 11) is 1.74. The molecule has 0 saturated heterocycles. The Kier molecular flexibility index (Phi) is 5.15. The molecule has 1 aliphatic carbocycles. The number of hydrogen-bond donors (Lipinski definition) is 0. The molecule has 6 rings (SSSR count). The molecule has 0 saturated carbocycles. The van der Waals surface area contributed by atoms with E-state index in [1.54, 1.807) is 33.6 Å². The standard InChI is InChI=1S/C26H22N4O2S2/c1-15-10-12-16(13-11-15)30-25(32)22-18-7-5-9-20(18)34-23(22)28-26(30)33-14-21-27-19-8-4-3-6-17(19)24(31)29(21)2/h3-4,6,8,10-13H,5,7,9,14H2,1-2H3. The second kappa shape index (κ2) is 8.21. The molecule has 0 radical (unpaired) electrons. The fraction of sp³-hybridized carbons (Fsp3) is 0.231. The number of benzene rings is 2. The summed E-state index contributed by atoms with van der Waals surface area (Å²) >= 11 is 3.08. The molecule has 0 fully saturated rings. The molecule has 5 aromatic rings. The molecule has 0 unspecified atom stereocenters. The molecule has 1 aliphatic rings. The minimum atomic E-state index is -0.0739. The van der Waals surface area contributed by atoms with Gasteiger partial charge < -0.3 is 0 Å². The van der Waals surface area contributed by atoms with Crippen LogP contribution in [0, 0.1) is 6.92 Å². The topological polar surface area (TPSA) is 69.8 Å². The van der Waals surface area contributed by atoms with Crippen molar-refractivity contribution in [1.82, 2.24) is 19.1 Å². The van der Waals surface area contributed by atoms with Gasteiger partial charge in [0.2, 0.25) is 0 Å². The molecule has 0 amide bonds. The lowest BCUT2D eigenvalue weighted by Gasteiger charge is -2.14. The largest absolute Gasteiger partial charge is 0.299 e. The molecule has 8 heteroatoms. The van der Waals surface area contributed by atoms with Crippen LogP contribution >= 0.6 is 23.1 Å². The van der Waals surface area contributed by atoms with Crippen LogP contribution in [-0.2, 0) is 25.6 Å². The van der Waals surface area contributed by atoms with Gasteiger partial charge in [0.1, 0.15) is 10.7 Å². The fourth-order valence-corrected chi connectivity index (χ4v) is 6.86. The van der Waals surface area contributed by atoms with Gasteiger partial charge in [0, 0.05) is 11.9 Å². The highest BCUT2D eigenvalue weighted by atomic mass is 32.2. The van der Waals surface area contributed by atoms with Gasteiger partial charge in [0.25, 0.3) is 11.1 Å². The van der Waals surface area contributed by atoms with Gasteiger partial charge in [0.15, 0.2) is 5.16 Å². The van der Waals surface area contributed by atoms with E-state index in [0.29, 0.717) is 27.6 Å². The van der Waals surface area contributed by atoms with Crippen LogP contribution in [0.4, 0.5) is 0 Å². The van der Waals surface area contributed by atoms with Crippen LogP contribution in [0.2, 0.25) is 0 Å². The van der Waals surface area contributed by atoms with Crippen LogP contribution in [0.5, 0.6) is 0 Å². The van der Waals surface area contributed by atoms with Crippen molar-refractivity contribution in [3.63, 3.8) is 0 Å². The van der Waals surface area contributed by atoms with Crippen LogP contribution < -0.4 is 11.1 Å². The lowest BCUT2D eigenvalue weighted by atomic mass is 10.2. The monoisotopic (exact) mass is 486 g/mol. The molecule has 2 aromatic carbocycles. The average molecular weight is 487 g/mol. The molecule has 6 nitrogen and oxygen atoms in total. The van der Waals surface area contributed by atoms with Crippen molar-refractivity contribution in [2.24, 2.45) is 7.05 Å². The Morgan fingerprint density at radius 3 is 2.62 bits per heavy atom. The Balaban J connectivity index is 1.49. The minimum absolute atomic E-state index is 0.0175. The molecule has 3 heterocycles. The van der Waals surface area contributed by atoms with Gasteiger partial charge in [-0.3, -0.25) is 18.7 Å². The Hall–Kier alpha value is -3.23. The van der Waals surface area contributed by atoms with Crippen molar-refractivity contribution in [2.45, 2.75) is 37.1 Å². The van der Waals surface area contributed by atoms with Gasteiger partial charge in [-0.2, -0.15) is 0 Å². The Labute approximate surface area is 203 Å². The summed E-state index contributed by atoms with van der Waals surface area (Å²) in [6, 6.07) is 15.3. The van der Waals surface area contributed by atoms with E-state index in [4.69, 9.17) is 9.97 Å².